The third-order valence-electron chi connectivity index (χ3n) is 5.12. The second kappa shape index (κ2) is 8.46. The van der Waals surface area contributed by atoms with Crippen LogP contribution in [0.2, 0.25) is 5.02 Å². The SMILES string of the molecule is Cc1c(Cl)cccc1N=C1NC(=O)/C(=C\c2cc(C)n(-c3ccc(C#N)cc3)c2C)S1. The van der Waals surface area contributed by atoms with Gasteiger partial charge in [0, 0.05) is 22.1 Å². The van der Waals surface area contributed by atoms with Gasteiger partial charge in [0.25, 0.3) is 5.91 Å². The summed E-state index contributed by atoms with van der Waals surface area (Å²) in [6, 6.07) is 17.1. The quantitative estimate of drug-likeness (QED) is 0.515. The summed E-state index contributed by atoms with van der Waals surface area (Å²) < 4.78 is 2.11. The molecule has 4 rings (SSSR count). The summed E-state index contributed by atoms with van der Waals surface area (Å²) in [7, 11) is 0. The number of aromatic nitrogens is 1. The van der Waals surface area contributed by atoms with Crippen molar-refractivity contribution in [1.29, 1.82) is 5.26 Å². The summed E-state index contributed by atoms with van der Waals surface area (Å²) in [5.41, 5.74) is 6.21. The Balaban J connectivity index is 1.65. The van der Waals surface area contributed by atoms with Crippen LogP contribution in [-0.2, 0) is 4.79 Å². The zero-order chi connectivity index (χ0) is 22.1. The molecule has 5 nitrogen and oxygen atoms in total. The molecule has 1 aromatic heterocycles. The van der Waals surface area contributed by atoms with Crippen LogP contribution in [0.4, 0.5) is 5.69 Å². The molecular weight excluding hydrogens is 428 g/mol. The van der Waals surface area contributed by atoms with Crippen LogP contribution < -0.4 is 5.32 Å². The number of rotatable bonds is 3. The number of hydrogen-bond donors (Lipinski definition) is 1. The maximum absolute atomic E-state index is 12.5. The Kier molecular flexibility index (Phi) is 5.73. The average Bonchev–Trinajstić information content (AvgIpc) is 3.24. The van der Waals surface area contributed by atoms with Gasteiger partial charge in [-0.25, -0.2) is 4.99 Å². The van der Waals surface area contributed by atoms with Crippen LogP contribution in [0.25, 0.3) is 11.8 Å². The van der Waals surface area contributed by atoms with Crippen LogP contribution in [0.5, 0.6) is 0 Å². The summed E-state index contributed by atoms with van der Waals surface area (Å²) in [6.07, 6.45) is 1.88. The Labute approximate surface area is 190 Å². The van der Waals surface area contributed by atoms with E-state index in [0.717, 1.165) is 33.9 Å². The lowest BCUT2D eigenvalue weighted by Gasteiger charge is -2.09. The van der Waals surface area contributed by atoms with Crippen molar-refractivity contribution in [2.24, 2.45) is 4.99 Å². The van der Waals surface area contributed by atoms with Crippen LogP contribution >= 0.6 is 23.4 Å². The van der Waals surface area contributed by atoms with Gasteiger partial charge in [-0.3, -0.25) is 4.79 Å². The summed E-state index contributed by atoms with van der Waals surface area (Å²) in [5.74, 6) is -0.174. The van der Waals surface area contributed by atoms with Gasteiger partial charge in [0.05, 0.1) is 22.2 Å². The maximum Gasteiger partial charge on any atom is 0.264 e. The lowest BCUT2D eigenvalue weighted by molar-refractivity contribution is -0.115. The molecule has 2 aromatic carbocycles. The molecule has 1 amide bonds. The standard InChI is InChI=1S/C24H19ClN4OS/c1-14-11-18(16(3)29(14)19-9-7-17(13-26)8-10-19)12-22-23(30)28-24(31-22)27-21-6-4-5-20(25)15(21)2/h4-12H,1-3H3,(H,27,28,30)/b22-12+. The number of nitrogens with one attached hydrogen (secondary N) is 1. The van der Waals surface area contributed by atoms with Crippen molar-refractivity contribution in [2.75, 3.05) is 0 Å². The van der Waals surface area contributed by atoms with Crippen molar-refractivity contribution in [2.45, 2.75) is 20.8 Å². The van der Waals surface area contributed by atoms with Crippen molar-refractivity contribution in [3.63, 3.8) is 0 Å². The molecule has 0 spiro atoms. The average molecular weight is 447 g/mol. The highest BCUT2D eigenvalue weighted by molar-refractivity contribution is 8.18. The minimum atomic E-state index is -0.174. The van der Waals surface area contributed by atoms with E-state index in [2.05, 4.69) is 20.9 Å². The minimum absolute atomic E-state index is 0.174. The number of amides is 1. The van der Waals surface area contributed by atoms with Gasteiger partial charge in [0.15, 0.2) is 5.17 Å². The molecule has 0 aliphatic carbocycles. The normalized spacial score (nSPS) is 16.0. The van der Waals surface area contributed by atoms with Gasteiger partial charge in [0.1, 0.15) is 0 Å². The number of nitriles is 1. The number of carbonyl (C=O) groups is 1. The topological polar surface area (TPSA) is 70.2 Å². The highest BCUT2D eigenvalue weighted by atomic mass is 35.5. The van der Waals surface area contributed by atoms with Crippen LogP contribution in [-0.4, -0.2) is 15.6 Å². The molecule has 1 saturated heterocycles. The van der Waals surface area contributed by atoms with Gasteiger partial charge in [0.2, 0.25) is 0 Å². The van der Waals surface area contributed by atoms with E-state index in [4.69, 9.17) is 16.9 Å². The lowest BCUT2D eigenvalue weighted by atomic mass is 10.2. The lowest BCUT2D eigenvalue weighted by Crippen LogP contribution is -2.19. The number of aliphatic imine (C=N–C) groups is 1. The van der Waals surface area contributed by atoms with E-state index in [9.17, 15) is 4.79 Å². The molecule has 2 heterocycles. The van der Waals surface area contributed by atoms with Gasteiger partial charge in [-0.05, 0) is 92.2 Å². The zero-order valence-electron chi connectivity index (χ0n) is 17.2. The molecule has 1 aliphatic heterocycles. The second-order valence-electron chi connectivity index (χ2n) is 7.19. The van der Waals surface area contributed by atoms with Gasteiger partial charge in [-0.2, -0.15) is 5.26 Å². The van der Waals surface area contributed by atoms with Gasteiger partial charge >= 0.3 is 0 Å². The summed E-state index contributed by atoms with van der Waals surface area (Å²) in [5, 5.41) is 13.0. The smallest absolute Gasteiger partial charge is 0.264 e. The Morgan fingerprint density at radius 3 is 2.61 bits per heavy atom. The van der Waals surface area contributed by atoms with Gasteiger partial charge < -0.3 is 9.88 Å². The minimum Gasteiger partial charge on any atom is -0.318 e. The third kappa shape index (κ3) is 4.15. The molecule has 0 radical (unpaired) electrons. The molecular formula is C24H19ClN4OS. The molecule has 31 heavy (non-hydrogen) atoms. The van der Waals surface area contributed by atoms with E-state index in [1.165, 1.54) is 11.8 Å². The fourth-order valence-corrected chi connectivity index (χ4v) is 4.46. The molecule has 154 valence electrons. The Hall–Kier alpha value is -3.27. The van der Waals surface area contributed by atoms with E-state index in [0.29, 0.717) is 20.7 Å². The molecule has 1 fully saturated rings. The fraction of sp³-hybridized carbons (Fsp3) is 0.125. The Bertz CT molecular complexity index is 1300. The number of hydrogen-bond acceptors (Lipinski definition) is 4. The molecule has 1 N–H and O–H groups in total. The molecule has 3 aromatic rings. The van der Waals surface area contributed by atoms with Crippen LogP contribution in [0, 0.1) is 32.1 Å². The highest BCUT2D eigenvalue weighted by Gasteiger charge is 2.25. The van der Waals surface area contributed by atoms with Crippen molar-refractivity contribution < 1.29 is 4.79 Å². The number of nitrogens with zero attached hydrogens (tertiary/aromatic N) is 3. The van der Waals surface area contributed by atoms with E-state index >= 15 is 0 Å². The summed E-state index contributed by atoms with van der Waals surface area (Å²) >= 11 is 7.48. The van der Waals surface area contributed by atoms with Crippen molar-refractivity contribution in [3.05, 3.63) is 86.5 Å². The fourth-order valence-electron chi connectivity index (χ4n) is 3.46. The van der Waals surface area contributed by atoms with E-state index in [-0.39, 0.29) is 5.91 Å². The number of amidine groups is 1. The van der Waals surface area contributed by atoms with Gasteiger partial charge in [-0.15, -0.1) is 0 Å². The van der Waals surface area contributed by atoms with Crippen molar-refractivity contribution in [3.8, 4) is 11.8 Å². The highest BCUT2D eigenvalue weighted by Crippen LogP contribution is 2.32. The first-order valence-electron chi connectivity index (χ1n) is 9.61. The molecule has 0 unspecified atom stereocenters. The first-order chi connectivity index (χ1) is 14.9. The predicted octanol–water partition coefficient (Wildman–Crippen LogP) is 5.82. The second-order valence-corrected chi connectivity index (χ2v) is 8.62. The Morgan fingerprint density at radius 1 is 1.16 bits per heavy atom. The molecule has 0 bridgehead atoms. The number of carbonyl (C=O) groups excluding carboxylic acids is 1. The molecule has 1 aliphatic rings. The van der Waals surface area contributed by atoms with Crippen LogP contribution in [0.3, 0.4) is 0 Å². The number of aryl methyl sites for hydroxylation is 1. The molecule has 0 saturated carbocycles. The number of halogens is 1. The largest absolute Gasteiger partial charge is 0.318 e. The monoisotopic (exact) mass is 446 g/mol. The van der Waals surface area contributed by atoms with Crippen LogP contribution in [0.15, 0.2) is 58.4 Å². The molecule has 0 atom stereocenters. The first-order valence-corrected chi connectivity index (χ1v) is 10.8. The number of benzene rings is 2. The molecule has 7 heteroatoms. The van der Waals surface area contributed by atoms with Crippen molar-refractivity contribution in [1.82, 2.24) is 9.88 Å². The predicted molar refractivity (Wildman–Crippen MR) is 127 cm³/mol. The Morgan fingerprint density at radius 2 is 1.90 bits per heavy atom. The van der Waals surface area contributed by atoms with E-state index < -0.39 is 0 Å². The number of thioether (sulfide) groups is 1. The van der Waals surface area contributed by atoms with Crippen LogP contribution in [0.1, 0.15) is 28.1 Å². The maximum atomic E-state index is 12.5. The van der Waals surface area contributed by atoms with Crippen molar-refractivity contribution >= 4 is 46.2 Å². The summed E-state index contributed by atoms with van der Waals surface area (Å²) in [4.78, 5) is 17.7. The zero-order valence-corrected chi connectivity index (χ0v) is 18.8. The summed E-state index contributed by atoms with van der Waals surface area (Å²) in [6.45, 7) is 5.93. The van der Waals surface area contributed by atoms with Gasteiger partial charge in [-0.1, -0.05) is 17.7 Å². The third-order valence-corrected chi connectivity index (χ3v) is 6.44. The van der Waals surface area contributed by atoms with E-state index in [1.807, 2.05) is 63.2 Å². The van der Waals surface area contributed by atoms with E-state index in [1.54, 1.807) is 12.1 Å². The first kappa shape index (κ1) is 21.0.